The highest BCUT2D eigenvalue weighted by Crippen LogP contribution is 2.23. The Hall–Kier alpha value is -2.05. The predicted molar refractivity (Wildman–Crippen MR) is 80.9 cm³/mol. The van der Waals surface area contributed by atoms with Crippen LogP contribution >= 0.6 is 11.6 Å². The second kappa shape index (κ2) is 6.15. The van der Waals surface area contributed by atoms with Crippen molar-refractivity contribution in [2.75, 3.05) is 7.11 Å². The zero-order valence-corrected chi connectivity index (χ0v) is 12.6. The average molecular weight is 326 g/mol. The van der Waals surface area contributed by atoms with Gasteiger partial charge >= 0.3 is 0 Å². The summed E-state index contributed by atoms with van der Waals surface area (Å²) in [7, 11) is -2.40. The zero-order valence-electron chi connectivity index (χ0n) is 11.0. The van der Waals surface area contributed by atoms with Crippen LogP contribution in [-0.2, 0) is 10.0 Å². The fraction of sp³-hybridized carbons (Fsp3) is 0.0714. The van der Waals surface area contributed by atoms with Gasteiger partial charge in [-0.25, -0.2) is 0 Å². The fourth-order valence-electron chi connectivity index (χ4n) is 1.60. The second-order valence-electron chi connectivity index (χ2n) is 4.09. The lowest BCUT2D eigenvalue weighted by molar-refractivity contribution is 0.407. The number of rotatable bonds is 4. The number of hydrogen-bond donors (Lipinski definition) is 1. The van der Waals surface area contributed by atoms with Crippen LogP contribution in [0.25, 0.3) is 0 Å². The lowest BCUT2D eigenvalue weighted by Gasteiger charge is -2.04. The number of phenolic OH excluding ortho intramolecular Hbond substituents is 1. The number of benzene rings is 2. The van der Waals surface area contributed by atoms with E-state index in [1.165, 1.54) is 55.8 Å². The van der Waals surface area contributed by atoms with Gasteiger partial charge in [-0.15, -0.1) is 0 Å². The molecule has 5 nitrogen and oxygen atoms in total. The monoisotopic (exact) mass is 325 g/mol. The van der Waals surface area contributed by atoms with Crippen LogP contribution in [-0.4, -0.2) is 26.8 Å². The topological polar surface area (TPSA) is 76.0 Å². The Morgan fingerprint density at radius 2 is 1.86 bits per heavy atom. The van der Waals surface area contributed by atoms with Crippen molar-refractivity contribution in [3.8, 4) is 11.5 Å². The molecule has 2 aromatic rings. The first kappa shape index (κ1) is 15.3. The summed E-state index contributed by atoms with van der Waals surface area (Å²) in [5.41, 5.74) is 0.438. The zero-order chi connectivity index (χ0) is 15.5. The summed E-state index contributed by atoms with van der Waals surface area (Å²) in [6.07, 6.45) is 1.17. The molecule has 0 bridgehead atoms. The highest BCUT2D eigenvalue weighted by atomic mass is 35.5. The van der Waals surface area contributed by atoms with Crippen LogP contribution in [0.4, 0.5) is 0 Å². The largest absolute Gasteiger partial charge is 0.508 e. The molecule has 0 saturated carbocycles. The molecular formula is C14H12ClNO4S. The maximum absolute atomic E-state index is 12.1. The highest BCUT2D eigenvalue weighted by molar-refractivity contribution is 7.90. The first-order valence-electron chi connectivity index (χ1n) is 5.85. The number of hydrogen-bond acceptors (Lipinski definition) is 4. The third-order valence-electron chi connectivity index (χ3n) is 2.66. The van der Waals surface area contributed by atoms with E-state index in [2.05, 4.69) is 4.40 Å². The third kappa shape index (κ3) is 3.74. The number of halogens is 1. The maximum Gasteiger partial charge on any atom is 0.282 e. The summed E-state index contributed by atoms with van der Waals surface area (Å²) < 4.78 is 32.8. The Bertz CT molecular complexity index is 770. The molecular weight excluding hydrogens is 314 g/mol. The summed E-state index contributed by atoms with van der Waals surface area (Å²) in [5.74, 6) is 0.342. The number of sulfonamides is 1. The third-order valence-corrected chi connectivity index (χ3v) is 4.16. The van der Waals surface area contributed by atoms with Crippen molar-refractivity contribution < 1.29 is 18.3 Å². The highest BCUT2D eigenvalue weighted by Gasteiger charge is 2.12. The van der Waals surface area contributed by atoms with Crippen molar-refractivity contribution in [1.29, 1.82) is 0 Å². The number of methoxy groups -OCH3 is 1. The van der Waals surface area contributed by atoms with Gasteiger partial charge in [-0.05, 0) is 36.4 Å². The predicted octanol–water partition coefficient (Wildman–Crippen LogP) is 2.86. The minimum absolute atomic E-state index is 0.0181. The van der Waals surface area contributed by atoms with E-state index in [4.69, 9.17) is 16.3 Å². The Morgan fingerprint density at radius 1 is 1.19 bits per heavy atom. The molecule has 110 valence electrons. The molecule has 0 aliphatic carbocycles. The van der Waals surface area contributed by atoms with E-state index in [9.17, 15) is 13.5 Å². The summed E-state index contributed by atoms with van der Waals surface area (Å²) in [4.78, 5) is 0.0425. The van der Waals surface area contributed by atoms with E-state index in [0.29, 0.717) is 16.3 Å². The Labute approximate surface area is 127 Å². The van der Waals surface area contributed by atoms with Crippen LogP contribution in [0.5, 0.6) is 11.5 Å². The lowest BCUT2D eigenvalue weighted by Crippen LogP contribution is -1.98. The van der Waals surface area contributed by atoms with Crippen molar-refractivity contribution in [2.24, 2.45) is 4.40 Å². The number of aromatic hydroxyl groups is 1. The Morgan fingerprint density at radius 3 is 2.48 bits per heavy atom. The normalized spacial score (nSPS) is 11.7. The van der Waals surface area contributed by atoms with E-state index >= 15 is 0 Å². The van der Waals surface area contributed by atoms with Gasteiger partial charge < -0.3 is 9.84 Å². The molecule has 21 heavy (non-hydrogen) atoms. The van der Waals surface area contributed by atoms with Gasteiger partial charge in [0.2, 0.25) is 0 Å². The van der Waals surface area contributed by atoms with Crippen LogP contribution in [0, 0.1) is 0 Å². The first-order valence-corrected chi connectivity index (χ1v) is 7.67. The molecule has 2 rings (SSSR count). The van der Waals surface area contributed by atoms with Crippen molar-refractivity contribution in [2.45, 2.75) is 4.90 Å². The molecule has 0 fully saturated rings. The minimum atomic E-state index is -3.82. The van der Waals surface area contributed by atoms with Crippen molar-refractivity contribution >= 4 is 27.8 Å². The fourth-order valence-corrected chi connectivity index (χ4v) is 2.58. The van der Waals surface area contributed by atoms with Crippen LogP contribution in [0.3, 0.4) is 0 Å². The summed E-state index contributed by atoms with van der Waals surface area (Å²) in [6.45, 7) is 0. The standard InChI is InChI=1S/C14H12ClNO4S/c1-20-14-8-12(17)5-2-10(14)9-16-21(18,19)13-6-3-11(15)4-7-13/h2-9,17H,1H3. The number of nitrogens with zero attached hydrogens (tertiary/aromatic N) is 1. The van der Waals surface area contributed by atoms with Crippen molar-refractivity contribution in [3.63, 3.8) is 0 Å². The molecule has 7 heteroatoms. The summed E-state index contributed by atoms with van der Waals surface area (Å²) in [5, 5.41) is 9.79. The molecule has 0 spiro atoms. The van der Waals surface area contributed by atoms with Gasteiger partial charge in [0.15, 0.2) is 0 Å². The maximum atomic E-state index is 12.1. The van der Waals surface area contributed by atoms with Crippen LogP contribution in [0.2, 0.25) is 5.02 Å². The second-order valence-corrected chi connectivity index (χ2v) is 6.16. The molecule has 0 heterocycles. The molecule has 0 aliphatic heterocycles. The van der Waals surface area contributed by atoms with Gasteiger partial charge in [0.25, 0.3) is 10.0 Å². The number of phenols is 1. The van der Waals surface area contributed by atoms with Crippen molar-refractivity contribution in [3.05, 3.63) is 53.1 Å². The molecule has 0 aliphatic rings. The molecule has 0 saturated heterocycles. The lowest BCUT2D eigenvalue weighted by atomic mass is 10.2. The average Bonchev–Trinajstić information content (AvgIpc) is 2.46. The van der Waals surface area contributed by atoms with Gasteiger partial charge in [0, 0.05) is 16.7 Å². The quantitative estimate of drug-likeness (QED) is 0.877. The molecule has 0 unspecified atom stereocenters. The van der Waals surface area contributed by atoms with E-state index in [1.807, 2.05) is 0 Å². The van der Waals surface area contributed by atoms with E-state index in [1.54, 1.807) is 0 Å². The molecule has 0 radical (unpaired) electrons. The SMILES string of the molecule is COc1cc(O)ccc1C=NS(=O)(=O)c1ccc(Cl)cc1. The molecule has 0 atom stereocenters. The van der Waals surface area contributed by atoms with Gasteiger partial charge in [0.1, 0.15) is 11.5 Å². The van der Waals surface area contributed by atoms with Gasteiger partial charge in [0.05, 0.1) is 18.2 Å². The van der Waals surface area contributed by atoms with Crippen LogP contribution in [0.15, 0.2) is 51.8 Å². The van der Waals surface area contributed by atoms with E-state index in [-0.39, 0.29) is 10.6 Å². The van der Waals surface area contributed by atoms with Gasteiger partial charge in [-0.3, -0.25) is 0 Å². The van der Waals surface area contributed by atoms with Crippen molar-refractivity contribution in [1.82, 2.24) is 0 Å². The smallest absolute Gasteiger partial charge is 0.282 e. The van der Waals surface area contributed by atoms with E-state index in [0.717, 1.165) is 0 Å². The number of ether oxygens (including phenoxy) is 1. The molecule has 1 N–H and O–H groups in total. The summed E-state index contributed by atoms with van der Waals surface area (Å²) in [6, 6.07) is 10.0. The minimum Gasteiger partial charge on any atom is -0.508 e. The molecule has 2 aromatic carbocycles. The van der Waals surface area contributed by atoms with Gasteiger partial charge in [-0.1, -0.05) is 11.6 Å². The summed E-state index contributed by atoms with van der Waals surface area (Å²) >= 11 is 5.72. The molecule has 0 amide bonds. The van der Waals surface area contributed by atoms with Crippen LogP contribution < -0.4 is 4.74 Å². The van der Waals surface area contributed by atoms with Crippen LogP contribution in [0.1, 0.15) is 5.56 Å². The Kier molecular flexibility index (Phi) is 4.50. The Balaban J connectivity index is 2.34. The van der Waals surface area contributed by atoms with Gasteiger partial charge in [-0.2, -0.15) is 12.8 Å². The molecule has 0 aromatic heterocycles. The van der Waals surface area contributed by atoms with E-state index < -0.39 is 10.0 Å². The first-order chi connectivity index (χ1) is 9.92.